The molecule has 0 spiro atoms. The predicted octanol–water partition coefficient (Wildman–Crippen LogP) is 3.06. The van der Waals surface area contributed by atoms with Gasteiger partial charge in [0.1, 0.15) is 0 Å². The molecule has 2 rings (SSSR count). The van der Waals surface area contributed by atoms with Gasteiger partial charge in [-0.3, -0.25) is 0 Å². The summed E-state index contributed by atoms with van der Waals surface area (Å²) in [6.07, 6.45) is 1.97. The Balaban J connectivity index is 1.90. The Morgan fingerprint density at radius 2 is 1.65 bits per heavy atom. The maximum absolute atomic E-state index is 8.66. The van der Waals surface area contributed by atoms with Crippen LogP contribution in [-0.4, -0.2) is 13.2 Å². The summed E-state index contributed by atoms with van der Waals surface area (Å²) in [7, 11) is 0. The third kappa shape index (κ3) is 4.42. The fourth-order valence-corrected chi connectivity index (χ4v) is 2.06. The molecule has 3 nitrogen and oxygen atoms in total. The molecule has 20 heavy (non-hydrogen) atoms. The van der Waals surface area contributed by atoms with E-state index in [1.807, 2.05) is 54.7 Å². The number of rotatable bonds is 7. The van der Waals surface area contributed by atoms with Gasteiger partial charge in [0.25, 0.3) is 0 Å². The summed E-state index contributed by atoms with van der Waals surface area (Å²) in [5.74, 6) is 0.180. The zero-order chi connectivity index (χ0) is 14.0. The van der Waals surface area contributed by atoms with Crippen LogP contribution in [0.3, 0.4) is 0 Å². The summed E-state index contributed by atoms with van der Waals surface area (Å²) in [5, 5.41) is 11.4. The quantitative estimate of drug-likeness (QED) is 0.619. The van der Waals surface area contributed by atoms with Gasteiger partial charge in [0.15, 0.2) is 6.19 Å². The SMILES string of the molecule is N#CNC[C@@H](COCc1ccccc1)c1ccccc1. The molecule has 2 aromatic rings. The standard InChI is InChI=1S/C17H18N2O/c18-14-19-11-17(16-9-5-2-6-10-16)13-20-12-15-7-3-1-4-8-15/h1-10,17,19H,11-13H2/t17-/m0/s1. The molecule has 0 unspecified atom stereocenters. The van der Waals surface area contributed by atoms with Gasteiger partial charge in [-0.25, -0.2) is 0 Å². The fourth-order valence-electron chi connectivity index (χ4n) is 2.06. The van der Waals surface area contributed by atoms with Crippen molar-refractivity contribution in [1.82, 2.24) is 5.32 Å². The Labute approximate surface area is 119 Å². The van der Waals surface area contributed by atoms with Crippen molar-refractivity contribution in [1.29, 1.82) is 5.26 Å². The number of nitrogens with one attached hydrogen (secondary N) is 1. The smallest absolute Gasteiger partial charge is 0.176 e. The number of ether oxygens (including phenoxy) is 1. The maximum atomic E-state index is 8.66. The number of nitrogens with zero attached hydrogens (tertiary/aromatic N) is 1. The Hall–Kier alpha value is -2.31. The Kier molecular flexibility index (Phi) is 5.63. The lowest BCUT2D eigenvalue weighted by Crippen LogP contribution is -2.21. The van der Waals surface area contributed by atoms with Crippen LogP contribution in [0.1, 0.15) is 17.0 Å². The van der Waals surface area contributed by atoms with Gasteiger partial charge in [-0.05, 0) is 11.1 Å². The molecule has 0 aliphatic carbocycles. The van der Waals surface area contributed by atoms with Crippen molar-refractivity contribution in [2.75, 3.05) is 13.2 Å². The average molecular weight is 266 g/mol. The maximum Gasteiger partial charge on any atom is 0.176 e. The summed E-state index contributed by atoms with van der Waals surface area (Å²) in [6.45, 7) is 1.78. The molecular formula is C17H18N2O. The first-order valence-corrected chi connectivity index (χ1v) is 6.68. The first kappa shape index (κ1) is 14.1. The van der Waals surface area contributed by atoms with Crippen molar-refractivity contribution in [2.24, 2.45) is 0 Å². The second-order valence-electron chi connectivity index (χ2n) is 4.60. The van der Waals surface area contributed by atoms with Crippen molar-refractivity contribution in [3.63, 3.8) is 0 Å². The zero-order valence-electron chi connectivity index (χ0n) is 11.3. The molecule has 0 aromatic heterocycles. The fraction of sp³-hybridized carbons (Fsp3) is 0.235. The van der Waals surface area contributed by atoms with E-state index in [4.69, 9.17) is 10.00 Å². The molecule has 0 aliphatic rings. The van der Waals surface area contributed by atoms with Gasteiger partial charge in [0.2, 0.25) is 0 Å². The van der Waals surface area contributed by atoms with E-state index in [-0.39, 0.29) is 5.92 Å². The highest BCUT2D eigenvalue weighted by atomic mass is 16.5. The summed E-state index contributed by atoms with van der Waals surface area (Å²) in [4.78, 5) is 0. The Bertz CT molecular complexity index is 534. The molecule has 1 atom stereocenters. The van der Waals surface area contributed by atoms with E-state index in [0.717, 1.165) is 5.56 Å². The molecule has 0 heterocycles. The topological polar surface area (TPSA) is 45.0 Å². The van der Waals surface area contributed by atoms with Crippen LogP contribution in [-0.2, 0) is 11.3 Å². The molecule has 1 N–H and O–H groups in total. The zero-order valence-corrected chi connectivity index (χ0v) is 11.3. The lowest BCUT2D eigenvalue weighted by atomic mass is 10.0. The number of nitriles is 1. The number of hydrogen-bond acceptors (Lipinski definition) is 3. The van der Waals surface area contributed by atoms with Crippen LogP contribution in [0.25, 0.3) is 0 Å². The monoisotopic (exact) mass is 266 g/mol. The largest absolute Gasteiger partial charge is 0.376 e. The van der Waals surface area contributed by atoms with Crippen LogP contribution >= 0.6 is 0 Å². The minimum atomic E-state index is 0.180. The van der Waals surface area contributed by atoms with Crippen LogP contribution in [0.2, 0.25) is 0 Å². The first-order valence-electron chi connectivity index (χ1n) is 6.68. The third-order valence-corrected chi connectivity index (χ3v) is 3.13. The van der Waals surface area contributed by atoms with Gasteiger partial charge >= 0.3 is 0 Å². The molecule has 0 fully saturated rings. The second-order valence-corrected chi connectivity index (χ2v) is 4.60. The lowest BCUT2D eigenvalue weighted by Gasteiger charge is -2.16. The number of benzene rings is 2. The molecule has 102 valence electrons. The van der Waals surface area contributed by atoms with Crippen LogP contribution in [0.4, 0.5) is 0 Å². The second kappa shape index (κ2) is 7.98. The van der Waals surface area contributed by atoms with Gasteiger partial charge in [0, 0.05) is 12.5 Å². The van der Waals surface area contributed by atoms with Crippen LogP contribution < -0.4 is 5.32 Å². The third-order valence-electron chi connectivity index (χ3n) is 3.13. The molecule has 0 bridgehead atoms. The van der Waals surface area contributed by atoms with Crippen molar-refractivity contribution < 1.29 is 4.74 Å². The highest BCUT2D eigenvalue weighted by molar-refractivity contribution is 5.20. The van der Waals surface area contributed by atoms with Crippen molar-refractivity contribution in [3.8, 4) is 6.19 Å². The highest BCUT2D eigenvalue weighted by Gasteiger charge is 2.11. The van der Waals surface area contributed by atoms with Gasteiger partial charge in [0.05, 0.1) is 13.2 Å². The molecule has 0 saturated heterocycles. The van der Waals surface area contributed by atoms with Crippen molar-refractivity contribution in [3.05, 3.63) is 71.8 Å². The summed E-state index contributed by atoms with van der Waals surface area (Å²) in [6, 6.07) is 20.2. The molecule has 2 aromatic carbocycles. The normalized spacial score (nSPS) is 11.6. The summed E-state index contributed by atoms with van der Waals surface area (Å²) < 4.78 is 5.78. The van der Waals surface area contributed by atoms with E-state index in [2.05, 4.69) is 17.4 Å². The Morgan fingerprint density at radius 1 is 1.00 bits per heavy atom. The van der Waals surface area contributed by atoms with E-state index in [9.17, 15) is 0 Å². The van der Waals surface area contributed by atoms with E-state index in [0.29, 0.717) is 19.8 Å². The van der Waals surface area contributed by atoms with E-state index in [1.165, 1.54) is 5.56 Å². The molecule has 0 aliphatic heterocycles. The Morgan fingerprint density at radius 3 is 2.30 bits per heavy atom. The van der Waals surface area contributed by atoms with Crippen molar-refractivity contribution >= 4 is 0 Å². The summed E-state index contributed by atoms with van der Waals surface area (Å²) >= 11 is 0. The van der Waals surface area contributed by atoms with Crippen molar-refractivity contribution in [2.45, 2.75) is 12.5 Å². The average Bonchev–Trinajstić information content (AvgIpc) is 2.52. The van der Waals surface area contributed by atoms with E-state index >= 15 is 0 Å². The molecule has 0 radical (unpaired) electrons. The van der Waals surface area contributed by atoms with Crippen LogP contribution in [0.15, 0.2) is 60.7 Å². The molecule has 0 amide bonds. The predicted molar refractivity (Wildman–Crippen MR) is 78.9 cm³/mol. The minimum absolute atomic E-state index is 0.180. The number of hydrogen-bond donors (Lipinski definition) is 1. The summed E-state index contributed by atoms with van der Waals surface area (Å²) in [5.41, 5.74) is 2.34. The van der Waals surface area contributed by atoms with Gasteiger partial charge in [-0.2, -0.15) is 5.26 Å². The van der Waals surface area contributed by atoms with Crippen LogP contribution in [0.5, 0.6) is 0 Å². The van der Waals surface area contributed by atoms with Gasteiger partial charge in [-0.15, -0.1) is 0 Å². The van der Waals surface area contributed by atoms with E-state index < -0.39 is 0 Å². The highest BCUT2D eigenvalue weighted by Crippen LogP contribution is 2.16. The minimum Gasteiger partial charge on any atom is -0.376 e. The molecular weight excluding hydrogens is 248 g/mol. The van der Waals surface area contributed by atoms with E-state index in [1.54, 1.807) is 0 Å². The van der Waals surface area contributed by atoms with Gasteiger partial charge < -0.3 is 10.1 Å². The first-order chi connectivity index (χ1) is 9.90. The molecule has 3 heteroatoms. The molecule has 0 saturated carbocycles. The van der Waals surface area contributed by atoms with Gasteiger partial charge in [-0.1, -0.05) is 60.7 Å². The lowest BCUT2D eigenvalue weighted by molar-refractivity contribution is 0.107. The van der Waals surface area contributed by atoms with Crippen LogP contribution in [0, 0.1) is 11.5 Å².